The van der Waals surface area contributed by atoms with Crippen molar-refractivity contribution in [2.75, 3.05) is 6.61 Å². The minimum Gasteiger partial charge on any atom is -0.396 e. The summed E-state index contributed by atoms with van der Waals surface area (Å²) in [7, 11) is 1.68. The van der Waals surface area contributed by atoms with E-state index in [9.17, 15) is 14.4 Å². The highest BCUT2D eigenvalue weighted by molar-refractivity contribution is 6.00. The molecule has 2 N–H and O–H groups in total. The number of imidazole rings is 1. The number of aryl methyl sites for hydroxylation is 1. The SMILES string of the molecule is Cn1c(=O)n(C2CCC(=O)NC2=O)c2ccc(C#CCCCCCCCO)cc21. The van der Waals surface area contributed by atoms with E-state index >= 15 is 0 Å². The lowest BCUT2D eigenvalue weighted by Crippen LogP contribution is -2.44. The molecule has 0 saturated carbocycles. The van der Waals surface area contributed by atoms with Crippen molar-refractivity contribution in [3.05, 3.63) is 34.2 Å². The van der Waals surface area contributed by atoms with Crippen LogP contribution in [0.1, 0.15) is 63.0 Å². The molecule has 7 nitrogen and oxygen atoms in total. The maximum absolute atomic E-state index is 12.7. The Balaban J connectivity index is 1.74. The number of hydrogen-bond donors (Lipinski definition) is 2. The summed E-state index contributed by atoms with van der Waals surface area (Å²) in [5.41, 5.74) is 1.94. The Morgan fingerprint density at radius 3 is 2.62 bits per heavy atom. The van der Waals surface area contributed by atoms with Crippen LogP contribution in [0.15, 0.2) is 23.0 Å². The smallest absolute Gasteiger partial charge is 0.329 e. The van der Waals surface area contributed by atoms with Crippen LogP contribution in [0, 0.1) is 11.8 Å². The Bertz CT molecular complexity index is 1020. The molecule has 1 aromatic heterocycles. The minimum atomic E-state index is -0.674. The van der Waals surface area contributed by atoms with E-state index in [4.69, 9.17) is 5.11 Å². The van der Waals surface area contributed by atoms with Crippen molar-refractivity contribution >= 4 is 22.8 Å². The zero-order valence-corrected chi connectivity index (χ0v) is 16.7. The highest BCUT2D eigenvalue weighted by atomic mass is 16.3. The molecule has 0 bridgehead atoms. The van der Waals surface area contributed by atoms with Gasteiger partial charge in [0.1, 0.15) is 6.04 Å². The summed E-state index contributed by atoms with van der Waals surface area (Å²) in [6.45, 7) is 0.260. The lowest BCUT2D eigenvalue weighted by molar-refractivity contribution is -0.135. The molecule has 7 heteroatoms. The molecule has 1 aliphatic rings. The summed E-state index contributed by atoms with van der Waals surface area (Å²) < 4.78 is 2.99. The van der Waals surface area contributed by atoms with Crippen LogP contribution < -0.4 is 11.0 Å². The van der Waals surface area contributed by atoms with Crippen LogP contribution in [0.2, 0.25) is 0 Å². The number of aromatic nitrogens is 2. The van der Waals surface area contributed by atoms with Crippen LogP contribution in [-0.4, -0.2) is 32.7 Å². The zero-order chi connectivity index (χ0) is 20.8. The van der Waals surface area contributed by atoms with Gasteiger partial charge in [-0.2, -0.15) is 0 Å². The molecule has 29 heavy (non-hydrogen) atoms. The molecule has 0 aliphatic carbocycles. The van der Waals surface area contributed by atoms with Gasteiger partial charge in [-0.25, -0.2) is 4.79 Å². The molecule has 0 spiro atoms. The van der Waals surface area contributed by atoms with Gasteiger partial charge in [-0.3, -0.25) is 24.0 Å². The van der Waals surface area contributed by atoms with Crippen molar-refractivity contribution in [3.8, 4) is 11.8 Å². The second kappa shape index (κ2) is 9.57. The van der Waals surface area contributed by atoms with E-state index < -0.39 is 11.9 Å². The van der Waals surface area contributed by atoms with Crippen molar-refractivity contribution in [2.24, 2.45) is 7.05 Å². The number of nitrogens with zero attached hydrogens (tertiary/aromatic N) is 2. The Morgan fingerprint density at radius 1 is 1.10 bits per heavy atom. The third-order valence-electron chi connectivity index (χ3n) is 5.30. The fourth-order valence-corrected chi connectivity index (χ4v) is 3.69. The van der Waals surface area contributed by atoms with Crippen LogP contribution >= 0.6 is 0 Å². The number of carbonyl (C=O) groups is 2. The first-order chi connectivity index (χ1) is 14.0. The maximum atomic E-state index is 12.7. The van der Waals surface area contributed by atoms with Crippen molar-refractivity contribution in [3.63, 3.8) is 0 Å². The lowest BCUT2D eigenvalue weighted by Gasteiger charge is -2.21. The summed E-state index contributed by atoms with van der Waals surface area (Å²) in [6.07, 6.45) is 6.54. The lowest BCUT2D eigenvalue weighted by atomic mass is 10.1. The number of benzene rings is 1. The second-order valence-corrected chi connectivity index (χ2v) is 7.43. The number of piperidine rings is 1. The quantitative estimate of drug-likeness (QED) is 0.425. The Kier molecular flexibility index (Phi) is 6.89. The standard InChI is InChI=1S/C22H27N3O4/c1-24-19-15-16(9-7-5-3-2-4-6-8-14-26)10-11-17(19)25(22(24)29)18-12-13-20(27)23-21(18)28/h10-11,15,18,26H,2-6,8,12-14H2,1H3,(H,23,27,28). The molecule has 1 aliphatic heterocycles. The Hall–Kier alpha value is -2.85. The van der Waals surface area contributed by atoms with Gasteiger partial charge in [-0.1, -0.05) is 31.1 Å². The van der Waals surface area contributed by atoms with E-state index in [0.717, 1.165) is 49.6 Å². The number of amides is 2. The Morgan fingerprint density at radius 2 is 1.86 bits per heavy atom. The predicted molar refractivity (Wildman–Crippen MR) is 110 cm³/mol. The van der Waals surface area contributed by atoms with Gasteiger partial charge in [0.15, 0.2) is 0 Å². The molecule has 1 aromatic carbocycles. The zero-order valence-electron chi connectivity index (χ0n) is 16.7. The van der Waals surface area contributed by atoms with Gasteiger partial charge in [0, 0.05) is 32.1 Å². The average Bonchev–Trinajstić information content (AvgIpc) is 2.95. The van der Waals surface area contributed by atoms with Gasteiger partial charge in [0.2, 0.25) is 11.8 Å². The molecule has 154 valence electrons. The van der Waals surface area contributed by atoms with Crippen molar-refractivity contribution in [2.45, 2.75) is 57.4 Å². The molecule has 2 amide bonds. The molecule has 1 fully saturated rings. The first kappa shape index (κ1) is 20.9. The molecule has 0 radical (unpaired) electrons. The monoisotopic (exact) mass is 397 g/mol. The van der Waals surface area contributed by atoms with E-state index in [1.165, 1.54) is 9.13 Å². The number of rotatable bonds is 7. The molecule has 2 aromatic rings. The number of imide groups is 1. The summed E-state index contributed by atoms with van der Waals surface area (Å²) in [5.74, 6) is 5.60. The number of aliphatic hydroxyl groups is 1. The van der Waals surface area contributed by atoms with E-state index in [1.54, 1.807) is 7.05 Å². The number of hydrogen-bond acceptors (Lipinski definition) is 4. The highest BCUT2D eigenvalue weighted by Gasteiger charge is 2.31. The van der Waals surface area contributed by atoms with Gasteiger partial charge in [-0.05, 0) is 37.5 Å². The summed E-state index contributed by atoms with van der Waals surface area (Å²) in [5, 5.41) is 11.1. The van der Waals surface area contributed by atoms with E-state index in [-0.39, 0.29) is 24.6 Å². The third kappa shape index (κ3) is 4.77. The van der Waals surface area contributed by atoms with Gasteiger partial charge >= 0.3 is 5.69 Å². The average molecular weight is 397 g/mol. The molecule has 2 heterocycles. The number of nitrogens with one attached hydrogen (secondary N) is 1. The number of carbonyl (C=O) groups excluding carboxylic acids is 2. The molecular weight excluding hydrogens is 370 g/mol. The van der Waals surface area contributed by atoms with Crippen molar-refractivity contribution in [1.29, 1.82) is 0 Å². The van der Waals surface area contributed by atoms with Gasteiger partial charge in [-0.15, -0.1) is 0 Å². The second-order valence-electron chi connectivity index (χ2n) is 7.43. The van der Waals surface area contributed by atoms with E-state index in [1.807, 2.05) is 18.2 Å². The number of fused-ring (bicyclic) bond motifs is 1. The van der Waals surface area contributed by atoms with Crippen LogP contribution in [0.3, 0.4) is 0 Å². The van der Waals surface area contributed by atoms with E-state index in [2.05, 4.69) is 17.2 Å². The largest absolute Gasteiger partial charge is 0.396 e. The molecule has 3 rings (SSSR count). The van der Waals surface area contributed by atoms with Crippen LogP contribution in [-0.2, 0) is 16.6 Å². The van der Waals surface area contributed by atoms with Crippen molar-refractivity contribution in [1.82, 2.24) is 14.5 Å². The van der Waals surface area contributed by atoms with Gasteiger partial charge in [0.25, 0.3) is 0 Å². The van der Waals surface area contributed by atoms with Crippen LogP contribution in [0.25, 0.3) is 11.0 Å². The third-order valence-corrected chi connectivity index (χ3v) is 5.30. The maximum Gasteiger partial charge on any atom is 0.329 e. The fourth-order valence-electron chi connectivity index (χ4n) is 3.69. The van der Waals surface area contributed by atoms with Crippen LogP contribution in [0.4, 0.5) is 0 Å². The molecular formula is C22H27N3O4. The Labute approximate surface area is 169 Å². The summed E-state index contributed by atoms with van der Waals surface area (Å²) >= 11 is 0. The highest BCUT2D eigenvalue weighted by Crippen LogP contribution is 2.23. The van der Waals surface area contributed by atoms with Crippen molar-refractivity contribution < 1.29 is 14.7 Å². The normalized spacial score (nSPS) is 16.6. The van der Waals surface area contributed by atoms with E-state index in [0.29, 0.717) is 11.9 Å². The first-order valence-corrected chi connectivity index (χ1v) is 10.2. The van der Waals surface area contributed by atoms with Gasteiger partial charge < -0.3 is 5.11 Å². The molecule has 1 unspecified atom stereocenters. The number of aliphatic hydroxyl groups excluding tert-OH is 1. The number of unbranched alkanes of at least 4 members (excludes halogenated alkanes) is 5. The predicted octanol–water partition coefficient (Wildman–Crippen LogP) is 2.00. The fraction of sp³-hybridized carbons (Fsp3) is 0.500. The topological polar surface area (TPSA) is 93.3 Å². The van der Waals surface area contributed by atoms with Crippen LogP contribution in [0.5, 0.6) is 0 Å². The molecule has 1 atom stereocenters. The molecule has 1 saturated heterocycles. The summed E-state index contributed by atoms with van der Waals surface area (Å²) in [6, 6.07) is 4.87. The van der Waals surface area contributed by atoms with Gasteiger partial charge in [0.05, 0.1) is 11.0 Å². The first-order valence-electron chi connectivity index (χ1n) is 10.2. The summed E-state index contributed by atoms with van der Waals surface area (Å²) in [4.78, 5) is 36.4. The minimum absolute atomic E-state index is 0.225.